The molecule has 1 aliphatic carbocycles. The van der Waals surface area contributed by atoms with E-state index in [1.54, 1.807) is 12.1 Å². The lowest BCUT2D eigenvalue weighted by Crippen LogP contribution is -2.27. The fourth-order valence-corrected chi connectivity index (χ4v) is 2.79. The van der Waals surface area contributed by atoms with Gasteiger partial charge in [0.25, 0.3) is 0 Å². The number of hydrogen-bond acceptors (Lipinski definition) is 2. The van der Waals surface area contributed by atoms with Crippen molar-refractivity contribution in [1.29, 1.82) is 0 Å². The lowest BCUT2D eigenvalue weighted by atomic mass is 9.84. The van der Waals surface area contributed by atoms with Gasteiger partial charge in [-0.15, -0.1) is 0 Å². The molecule has 0 amide bonds. The number of phenols is 1. The molecule has 0 bridgehead atoms. The molecule has 1 aromatic rings. The van der Waals surface area contributed by atoms with Crippen LogP contribution in [0.25, 0.3) is 0 Å². The summed E-state index contributed by atoms with van der Waals surface area (Å²) in [5.41, 5.74) is 0.992. The van der Waals surface area contributed by atoms with Gasteiger partial charge in [-0.25, -0.2) is 0 Å². The summed E-state index contributed by atoms with van der Waals surface area (Å²) in [5, 5.41) is 13.3. The molecule has 2 N–H and O–H groups in total. The molecule has 1 unspecified atom stereocenters. The molecular weight excluding hydrogens is 234 g/mol. The van der Waals surface area contributed by atoms with Gasteiger partial charge in [-0.2, -0.15) is 0 Å². The van der Waals surface area contributed by atoms with Gasteiger partial charge < -0.3 is 10.4 Å². The third kappa shape index (κ3) is 3.29. The molecule has 0 radical (unpaired) electrons. The molecule has 1 aliphatic rings. The van der Waals surface area contributed by atoms with Crippen molar-refractivity contribution < 1.29 is 5.11 Å². The molecule has 17 heavy (non-hydrogen) atoms. The quantitative estimate of drug-likeness (QED) is 0.782. The fraction of sp³-hybridized carbons (Fsp3) is 0.571. The van der Waals surface area contributed by atoms with Crippen LogP contribution < -0.4 is 5.32 Å². The van der Waals surface area contributed by atoms with Crippen molar-refractivity contribution in [2.75, 3.05) is 5.32 Å². The lowest BCUT2D eigenvalue weighted by molar-refractivity contribution is 0.328. The highest BCUT2D eigenvalue weighted by Gasteiger charge is 2.19. The Kier molecular flexibility index (Phi) is 4.16. The van der Waals surface area contributed by atoms with Gasteiger partial charge in [0, 0.05) is 11.7 Å². The summed E-state index contributed by atoms with van der Waals surface area (Å²) in [6.07, 6.45) is 6.73. The number of nitrogens with one attached hydrogen (secondary N) is 1. The number of rotatable bonds is 3. The van der Waals surface area contributed by atoms with Crippen molar-refractivity contribution in [3.8, 4) is 5.75 Å². The van der Waals surface area contributed by atoms with Crippen LogP contribution in [0.2, 0.25) is 5.02 Å². The van der Waals surface area contributed by atoms with Crippen LogP contribution in [-0.2, 0) is 0 Å². The third-order valence-electron chi connectivity index (χ3n) is 3.70. The smallest absolute Gasteiger partial charge is 0.134 e. The van der Waals surface area contributed by atoms with Crippen LogP contribution in [0, 0.1) is 5.92 Å². The third-order valence-corrected chi connectivity index (χ3v) is 4.00. The van der Waals surface area contributed by atoms with Crippen LogP contribution in [0.1, 0.15) is 39.0 Å². The monoisotopic (exact) mass is 253 g/mol. The fourth-order valence-electron chi connectivity index (χ4n) is 2.61. The minimum absolute atomic E-state index is 0.141. The van der Waals surface area contributed by atoms with E-state index >= 15 is 0 Å². The molecule has 0 aromatic heterocycles. The van der Waals surface area contributed by atoms with Gasteiger partial charge in [-0.3, -0.25) is 0 Å². The summed E-state index contributed by atoms with van der Waals surface area (Å²) >= 11 is 5.89. The van der Waals surface area contributed by atoms with Crippen LogP contribution in [0.3, 0.4) is 0 Å². The Balaban J connectivity index is 1.96. The van der Waals surface area contributed by atoms with Gasteiger partial charge in [0.2, 0.25) is 0 Å². The minimum Gasteiger partial charge on any atom is -0.506 e. The van der Waals surface area contributed by atoms with Gasteiger partial charge in [0.05, 0.1) is 5.02 Å². The molecular formula is C14H20ClNO. The van der Waals surface area contributed by atoms with Crippen molar-refractivity contribution >= 4 is 17.3 Å². The van der Waals surface area contributed by atoms with Crippen molar-refractivity contribution in [3.05, 3.63) is 23.2 Å². The van der Waals surface area contributed by atoms with Crippen molar-refractivity contribution in [1.82, 2.24) is 0 Å². The van der Waals surface area contributed by atoms with Gasteiger partial charge in [-0.1, -0.05) is 30.9 Å². The van der Waals surface area contributed by atoms with Crippen LogP contribution in [-0.4, -0.2) is 11.1 Å². The van der Waals surface area contributed by atoms with E-state index in [1.807, 2.05) is 6.07 Å². The molecule has 1 fully saturated rings. The van der Waals surface area contributed by atoms with E-state index in [-0.39, 0.29) is 5.75 Å². The highest BCUT2D eigenvalue weighted by molar-refractivity contribution is 6.32. The first-order valence-corrected chi connectivity index (χ1v) is 6.79. The number of benzene rings is 1. The van der Waals surface area contributed by atoms with E-state index in [1.165, 1.54) is 32.1 Å². The largest absolute Gasteiger partial charge is 0.506 e. The van der Waals surface area contributed by atoms with E-state index in [0.29, 0.717) is 11.1 Å². The molecule has 1 aromatic carbocycles. The Bertz CT molecular complexity index is 374. The Morgan fingerprint density at radius 1 is 1.29 bits per heavy atom. The Morgan fingerprint density at radius 2 is 2.00 bits per heavy atom. The molecule has 0 heterocycles. The zero-order valence-electron chi connectivity index (χ0n) is 10.2. The number of anilines is 1. The predicted octanol–water partition coefficient (Wildman–Crippen LogP) is 4.43. The van der Waals surface area contributed by atoms with E-state index in [9.17, 15) is 5.11 Å². The van der Waals surface area contributed by atoms with Crippen molar-refractivity contribution in [3.63, 3.8) is 0 Å². The average molecular weight is 254 g/mol. The number of hydrogen-bond donors (Lipinski definition) is 2. The predicted molar refractivity (Wildman–Crippen MR) is 72.8 cm³/mol. The van der Waals surface area contributed by atoms with Gasteiger partial charge in [0.1, 0.15) is 5.75 Å². The zero-order valence-corrected chi connectivity index (χ0v) is 11.0. The minimum atomic E-state index is 0.141. The van der Waals surface area contributed by atoms with Gasteiger partial charge in [-0.05, 0) is 43.9 Å². The molecule has 1 saturated carbocycles. The van der Waals surface area contributed by atoms with Gasteiger partial charge in [0.15, 0.2) is 0 Å². The summed E-state index contributed by atoms with van der Waals surface area (Å²) in [6, 6.07) is 5.77. The molecule has 2 nitrogen and oxygen atoms in total. The first-order chi connectivity index (χ1) is 8.16. The molecule has 0 aliphatic heterocycles. The summed E-state index contributed by atoms with van der Waals surface area (Å²) in [6.45, 7) is 2.23. The van der Waals surface area contributed by atoms with Crippen LogP contribution in [0.15, 0.2) is 18.2 Å². The van der Waals surface area contributed by atoms with Crippen LogP contribution >= 0.6 is 11.6 Å². The van der Waals surface area contributed by atoms with Gasteiger partial charge >= 0.3 is 0 Å². The normalized spacial score (nSPS) is 18.9. The van der Waals surface area contributed by atoms with Crippen LogP contribution in [0.5, 0.6) is 5.75 Å². The second-order valence-corrected chi connectivity index (χ2v) is 5.40. The second kappa shape index (κ2) is 5.63. The standard InChI is InChI=1S/C14H20ClNO/c1-10(11-5-3-2-4-6-11)16-12-7-8-14(17)13(15)9-12/h7-11,16-17H,2-6H2,1H3. The van der Waals surface area contributed by atoms with E-state index in [4.69, 9.17) is 11.6 Å². The molecule has 2 rings (SSSR count). The highest BCUT2D eigenvalue weighted by atomic mass is 35.5. The van der Waals surface area contributed by atoms with Crippen molar-refractivity contribution in [2.45, 2.75) is 45.1 Å². The Labute approximate surface area is 108 Å². The summed E-state index contributed by atoms with van der Waals surface area (Å²) in [5.74, 6) is 0.902. The number of phenolic OH excluding ortho intramolecular Hbond substituents is 1. The summed E-state index contributed by atoms with van der Waals surface area (Å²) in [4.78, 5) is 0. The first-order valence-electron chi connectivity index (χ1n) is 6.42. The van der Waals surface area contributed by atoms with E-state index < -0.39 is 0 Å². The second-order valence-electron chi connectivity index (χ2n) is 5.00. The van der Waals surface area contributed by atoms with Crippen LogP contribution in [0.4, 0.5) is 5.69 Å². The topological polar surface area (TPSA) is 32.3 Å². The Hall–Kier alpha value is -0.890. The maximum absolute atomic E-state index is 9.37. The summed E-state index contributed by atoms with van der Waals surface area (Å²) < 4.78 is 0. The first kappa shape index (κ1) is 12.6. The molecule has 0 saturated heterocycles. The van der Waals surface area contributed by atoms with E-state index in [2.05, 4.69) is 12.2 Å². The Morgan fingerprint density at radius 3 is 2.65 bits per heavy atom. The lowest BCUT2D eigenvalue weighted by Gasteiger charge is -2.29. The average Bonchev–Trinajstić information content (AvgIpc) is 2.35. The molecule has 94 valence electrons. The maximum atomic E-state index is 9.37. The highest BCUT2D eigenvalue weighted by Crippen LogP contribution is 2.30. The number of halogens is 1. The van der Waals surface area contributed by atoms with Crippen molar-refractivity contribution in [2.24, 2.45) is 5.92 Å². The SMILES string of the molecule is CC(Nc1ccc(O)c(Cl)c1)C1CCCCC1. The summed E-state index contributed by atoms with van der Waals surface area (Å²) in [7, 11) is 0. The zero-order chi connectivity index (χ0) is 12.3. The van der Waals surface area contributed by atoms with E-state index in [0.717, 1.165) is 11.6 Å². The molecule has 3 heteroatoms. The number of aromatic hydroxyl groups is 1. The molecule has 0 spiro atoms. The molecule has 1 atom stereocenters. The maximum Gasteiger partial charge on any atom is 0.134 e.